The van der Waals surface area contributed by atoms with E-state index < -0.39 is 17.5 Å². The number of nitrogens with one attached hydrogen (secondary N) is 1. The van der Waals surface area contributed by atoms with Crippen LogP contribution >= 0.6 is 11.3 Å². The van der Waals surface area contributed by atoms with E-state index in [2.05, 4.69) is 10.3 Å². The highest BCUT2D eigenvalue weighted by atomic mass is 32.1. The van der Waals surface area contributed by atoms with Crippen molar-refractivity contribution in [3.05, 3.63) is 40.7 Å². The number of benzene rings is 1. The molecule has 1 aliphatic carbocycles. The number of aromatic nitrogens is 1. The molecule has 1 fully saturated rings. The Balaban J connectivity index is 1.83. The van der Waals surface area contributed by atoms with E-state index in [-0.39, 0.29) is 5.56 Å². The highest BCUT2D eigenvalue weighted by Crippen LogP contribution is 2.30. The Hall–Kier alpha value is -1.40. The van der Waals surface area contributed by atoms with Crippen LogP contribution in [-0.2, 0) is 6.54 Å². The van der Waals surface area contributed by atoms with Crippen molar-refractivity contribution in [2.75, 3.05) is 0 Å². The molecule has 19 heavy (non-hydrogen) atoms. The molecule has 0 radical (unpaired) electrons. The summed E-state index contributed by atoms with van der Waals surface area (Å²) in [6.07, 6.45) is 4.00. The summed E-state index contributed by atoms with van der Waals surface area (Å²) in [6.45, 7) is 0.674. The molecule has 6 heteroatoms. The van der Waals surface area contributed by atoms with Crippen molar-refractivity contribution < 1.29 is 13.2 Å². The molecule has 0 saturated heterocycles. The zero-order valence-electron chi connectivity index (χ0n) is 9.92. The fourth-order valence-electron chi connectivity index (χ4n) is 1.74. The zero-order chi connectivity index (χ0) is 13.4. The van der Waals surface area contributed by atoms with E-state index in [4.69, 9.17) is 0 Å². The van der Waals surface area contributed by atoms with Crippen molar-refractivity contribution in [2.24, 2.45) is 0 Å². The molecule has 1 N–H and O–H groups in total. The largest absolute Gasteiger partial charge is 0.309 e. The summed E-state index contributed by atoms with van der Waals surface area (Å²) in [6, 6.07) is 2.70. The quantitative estimate of drug-likeness (QED) is 0.869. The molecule has 1 aromatic carbocycles. The van der Waals surface area contributed by atoms with Gasteiger partial charge in [0.05, 0.1) is 0 Å². The summed E-state index contributed by atoms with van der Waals surface area (Å²) in [4.78, 5) is 5.02. The summed E-state index contributed by atoms with van der Waals surface area (Å²) >= 11 is 1.28. The molecule has 1 heterocycles. The predicted molar refractivity (Wildman–Crippen MR) is 67.3 cm³/mol. The van der Waals surface area contributed by atoms with E-state index in [9.17, 15) is 13.2 Å². The lowest BCUT2D eigenvalue weighted by Crippen LogP contribution is -2.14. The molecule has 2 aromatic rings. The second-order valence-corrected chi connectivity index (χ2v) is 5.63. The van der Waals surface area contributed by atoms with Crippen LogP contribution < -0.4 is 5.32 Å². The molecule has 2 nitrogen and oxygen atoms in total. The molecular formula is C13H11F3N2S. The SMILES string of the molecule is Fc1ccc(-c2ncc(CNC3CC3)s2)c(F)c1F. The summed E-state index contributed by atoms with van der Waals surface area (Å²) in [5.41, 5.74) is 0.00146. The van der Waals surface area contributed by atoms with E-state index in [1.54, 1.807) is 6.20 Å². The zero-order valence-corrected chi connectivity index (χ0v) is 10.7. The first kappa shape index (κ1) is 12.6. The van der Waals surface area contributed by atoms with Gasteiger partial charge in [0.1, 0.15) is 5.01 Å². The Morgan fingerprint density at radius 2 is 2.00 bits per heavy atom. The Morgan fingerprint density at radius 1 is 1.21 bits per heavy atom. The van der Waals surface area contributed by atoms with Crippen molar-refractivity contribution in [1.82, 2.24) is 10.3 Å². The van der Waals surface area contributed by atoms with E-state index in [1.807, 2.05) is 0 Å². The van der Waals surface area contributed by atoms with Crippen LogP contribution in [0.25, 0.3) is 10.6 Å². The smallest absolute Gasteiger partial charge is 0.195 e. The molecule has 0 spiro atoms. The number of hydrogen-bond donors (Lipinski definition) is 1. The van der Waals surface area contributed by atoms with Crippen molar-refractivity contribution in [3.8, 4) is 10.6 Å². The third-order valence-electron chi connectivity index (χ3n) is 2.96. The third kappa shape index (κ3) is 2.64. The van der Waals surface area contributed by atoms with Crippen molar-refractivity contribution in [3.63, 3.8) is 0 Å². The first-order valence-electron chi connectivity index (χ1n) is 5.97. The molecule has 3 rings (SSSR count). The average molecular weight is 284 g/mol. The molecule has 0 aliphatic heterocycles. The van der Waals surface area contributed by atoms with Crippen LogP contribution in [-0.4, -0.2) is 11.0 Å². The second-order valence-electron chi connectivity index (χ2n) is 4.51. The minimum absolute atomic E-state index is 0.00146. The van der Waals surface area contributed by atoms with E-state index in [0.29, 0.717) is 17.6 Å². The van der Waals surface area contributed by atoms with Gasteiger partial charge < -0.3 is 5.32 Å². The number of halogens is 3. The molecule has 1 saturated carbocycles. The normalized spacial score (nSPS) is 14.9. The molecule has 0 bridgehead atoms. The second kappa shape index (κ2) is 4.94. The summed E-state index contributed by atoms with van der Waals surface area (Å²) in [5.74, 6) is -3.82. The molecule has 1 aromatic heterocycles. The van der Waals surface area contributed by atoms with Crippen LogP contribution in [0.2, 0.25) is 0 Å². The average Bonchev–Trinajstić information content (AvgIpc) is 3.12. The Kier molecular flexibility index (Phi) is 3.28. The number of hydrogen-bond acceptors (Lipinski definition) is 3. The number of thiazole rings is 1. The Labute approximate surface area is 112 Å². The van der Waals surface area contributed by atoms with Gasteiger partial charge in [-0.25, -0.2) is 18.2 Å². The maximum Gasteiger partial charge on any atom is 0.195 e. The van der Waals surface area contributed by atoms with Gasteiger partial charge in [0.25, 0.3) is 0 Å². The van der Waals surface area contributed by atoms with Gasteiger partial charge in [-0.15, -0.1) is 11.3 Å². The van der Waals surface area contributed by atoms with Crippen LogP contribution in [0.3, 0.4) is 0 Å². The van der Waals surface area contributed by atoms with Gasteiger partial charge >= 0.3 is 0 Å². The van der Waals surface area contributed by atoms with Gasteiger partial charge in [-0.05, 0) is 25.0 Å². The van der Waals surface area contributed by atoms with Gasteiger partial charge in [-0.2, -0.15) is 0 Å². The Bertz CT molecular complexity index is 608. The highest BCUT2D eigenvalue weighted by molar-refractivity contribution is 7.15. The van der Waals surface area contributed by atoms with E-state index >= 15 is 0 Å². The van der Waals surface area contributed by atoms with E-state index in [1.165, 1.54) is 30.2 Å². The third-order valence-corrected chi connectivity index (χ3v) is 3.99. The standard InChI is InChI=1S/C13H11F3N2S/c14-10-4-3-9(11(15)12(10)16)13-18-6-8(19-13)5-17-7-1-2-7/h3-4,6-7,17H,1-2,5H2. The summed E-state index contributed by atoms with van der Waals surface area (Å²) in [5, 5.41) is 3.68. The number of rotatable bonds is 4. The molecular weight excluding hydrogens is 273 g/mol. The maximum atomic E-state index is 13.6. The minimum Gasteiger partial charge on any atom is -0.309 e. The summed E-state index contributed by atoms with van der Waals surface area (Å²) in [7, 11) is 0. The van der Waals surface area contributed by atoms with Gasteiger partial charge in [-0.1, -0.05) is 0 Å². The van der Waals surface area contributed by atoms with Gasteiger partial charge in [0.2, 0.25) is 0 Å². The number of nitrogens with zero attached hydrogens (tertiary/aromatic N) is 1. The van der Waals surface area contributed by atoms with Gasteiger partial charge in [-0.3, -0.25) is 0 Å². The fourth-order valence-corrected chi connectivity index (χ4v) is 2.62. The molecule has 0 unspecified atom stereocenters. The molecule has 100 valence electrons. The van der Waals surface area contributed by atoms with Gasteiger partial charge in [0.15, 0.2) is 17.5 Å². The minimum atomic E-state index is -1.45. The fraction of sp³-hybridized carbons (Fsp3) is 0.308. The molecule has 1 aliphatic rings. The predicted octanol–water partition coefficient (Wildman–Crippen LogP) is 3.48. The Morgan fingerprint density at radius 3 is 2.74 bits per heavy atom. The highest BCUT2D eigenvalue weighted by Gasteiger charge is 2.21. The summed E-state index contributed by atoms with van der Waals surface area (Å²) < 4.78 is 39.6. The van der Waals surface area contributed by atoms with Crippen molar-refractivity contribution >= 4 is 11.3 Å². The van der Waals surface area contributed by atoms with Gasteiger partial charge in [0, 0.05) is 29.2 Å². The lowest BCUT2D eigenvalue weighted by molar-refractivity contribution is 0.449. The van der Waals surface area contributed by atoms with Crippen molar-refractivity contribution in [2.45, 2.75) is 25.4 Å². The van der Waals surface area contributed by atoms with Crippen LogP contribution in [0.1, 0.15) is 17.7 Å². The molecule has 0 atom stereocenters. The monoisotopic (exact) mass is 284 g/mol. The maximum absolute atomic E-state index is 13.6. The van der Waals surface area contributed by atoms with Crippen LogP contribution in [0, 0.1) is 17.5 Å². The van der Waals surface area contributed by atoms with Crippen molar-refractivity contribution in [1.29, 1.82) is 0 Å². The molecule has 0 amide bonds. The first-order valence-corrected chi connectivity index (χ1v) is 6.79. The van der Waals surface area contributed by atoms with E-state index in [0.717, 1.165) is 10.9 Å². The van der Waals surface area contributed by atoms with Crippen LogP contribution in [0.15, 0.2) is 18.3 Å². The van der Waals surface area contributed by atoms with Crippen LogP contribution in [0.4, 0.5) is 13.2 Å². The topological polar surface area (TPSA) is 24.9 Å². The lowest BCUT2D eigenvalue weighted by Gasteiger charge is -2.01. The lowest BCUT2D eigenvalue weighted by atomic mass is 10.2. The first-order chi connectivity index (χ1) is 9.15. The van der Waals surface area contributed by atoms with Crippen LogP contribution in [0.5, 0.6) is 0 Å².